The van der Waals surface area contributed by atoms with E-state index in [-0.39, 0.29) is 39.5 Å². The second-order valence-corrected chi connectivity index (χ2v) is 10.3. The number of Topliss-reactive ketones (excluding diaryl/α,β-unsaturated/α-hetero) is 1. The Bertz CT molecular complexity index is 1030. The van der Waals surface area contributed by atoms with Crippen molar-refractivity contribution in [2.24, 2.45) is 0 Å². The van der Waals surface area contributed by atoms with Gasteiger partial charge in [-0.2, -0.15) is 13.2 Å². The zero-order valence-corrected chi connectivity index (χ0v) is 20.3. The molecule has 0 aromatic heterocycles. The van der Waals surface area contributed by atoms with Crippen LogP contribution in [0.4, 0.5) is 13.2 Å². The van der Waals surface area contributed by atoms with E-state index in [0.29, 0.717) is 18.1 Å². The van der Waals surface area contributed by atoms with Crippen LogP contribution in [-0.4, -0.2) is 68.8 Å². The number of amides is 1. The number of carbonyl (C=O) groups is 2. The molecule has 2 unspecified atom stereocenters. The molecule has 2 aliphatic rings. The van der Waals surface area contributed by atoms with E-state index in [0.717, 1.165) is 6.42 Å². The first-order valence-electron chi connectivity index (χ1n) is 10.3. The second-order valence-electron chi connectivity index (χ2n) is 8.03. The van der Waals surface area contributed by atoms with Crippen molar-refractivity contribution in [3.05, 3.63) is 52.0 Å². The fourth-order valence-corrected chi connectivity index (χ4v) is 5.77. The Morgan fingerprint density at radius 2 is 1.85 bits per heavy atom. The molecule has 33 heavy (non-hydrogen) atoms. The molecule has 3 rings (SSSR count). The molecule has 1 amide bonds. The fourth-order valence-electron chi connectivity index (χ4n) is 4.04. The van der Waals surface area contributed by atoms with Crippen LogP contribution in [-0.2, 0) is 15.6 Å². The zero-order valence-electron chi connectivity index (χ0n) is 17.9. The number of piperazine rings is 1. The first-order chi connectivity index (χ1) is 15.4. The van der Waals surface area contributed by atoms with Crippen molar-refractivity contribution in [2.45, 2.75) is 49.5 Å². The highest BCUT2D eigenvalue weighted by Crippen LogP contribution is 2.28. The largest absolute Gasteiger partial charge is 0.450 e. The van der Waals surface area contributed by atoms with E-state index in [1.165, 1.54) is 18.2 Å². The van der Waals surface area contributed by atoms with Crippen molar-refractivity contribution < 1.29 is 27.0 Å². The van der Waals surface area contributed by atoms with Crippen molar-refractivity contribution in [3.8, 4) is 0 Å². The van der Waals surface area contributed by atoms with Crippen molar-refractivity contribution in [1.82, 2.24) is 9.80 Å². The molecule has 11 heteroatoms. The molecule has 1 aromatic rings. The van der Waals surface area contributed by atoms with Gasteiger partial charge in [-0.3, -0.25) is 18.7 Å². The third-order valence-electron chi connectivity index (χ3n) is 6.01. The van der Waals surface area contributed by atoms with Gasteiger partial charge in [0, 0.05) is 41.8 Å². The summed E-state index contributed by atoms with van der Waals surface area (Å²) in [5, 5.41) is 0.566. The lowest BCUT2D eigenvalue weighted by Gasteiger charge is -2.47. The number of allylic oxidation sites excluding steroid dienone is 2. The lowest BCUT2D eigenvalue weighted by molar-refractivity contribution is -0.168. The fraction of sp³-hybridized carbons (Fsp3) is 0.455. The number of nitrogens with zero attached hydrogens (tertiary/aromatic N) is 2. The highest BCUT2D eigenvalue weighted by molar-refractivity contribution is 7.86. The van der Waals surface area contributed by atoms with Crippen LogP contribution in [0.15, 0.2) is 46.4 Å². The minimum atomic E-state index is -5.07. The number of hydrogen-bond donors (Lipinski definition) is 0. The van der Waals surface area contributed by atoms with Gasteiger partial charge in [0.2, 0.25) is 5.78 Å². The third kappa shape index (κ3) is 5.88. The van der Waals surface area contributed by atoms with E-state index in [1.54, 1.807) is 4.90 Å². The van der Waals surface area contributed by atoms with Gasteiger partial charge < -0.3 is 4.90 Å². The molecule has 0 N–H and O–H groups in total. The van der Waals surface area contributed by atoms with Crippen LogP contribution in [0.5, 0.6) is 0 Å². The Kier molecular flexibility index (Phi) is 8.09. The Hall–Kier alpha value is -1.68. The van der Waals surface area contributed by atoms with E-state index in [2.05, 4.69) is 4.90 Å². The smallest absolute Gasteiger partial charge is 0.333 e. The van der Waals surface area contributed by atoms with Crippen LogP contribution in [0, 0.1) is 0 Å². The number of ketones is 1. The lowest BCUT2D eigenvalue weighted by Crippen LogP contribution is -2.61. The number of benzene rings is 1. The molecule has 0 bridgehead atoms. The number of carbonyl (C=O) groups excluding carboxylic acids is 2. The van der Waals surface area contributed by atoms with Gasteiger partial charge in [-0.05, 0) is 50.6 Å². The maximum absolute atomic E-state index is 13.2. The molecule has 0 saturated carbocycles. The second kappa shape index (κ2) is 10.3. The van der Waals surface area contributed by atoms with Crippen LogP contribution in [0.1, 0.15) is 30.6 Å². The van der Waals surface area contributed by atoms with Gasteiger partial charge in [0.15, 0.2) is 0 Å². The molecule has 1 fully saturated rings. The molecule has 4 atom stereocenters. The monoisotopic (exact) mass is 522 g/mol. The van der Waals surface area contributed by atoms with Crippen LogP contribution in [0.25, 0.3) is 0 Å². The summed E-state index contributed by atoms with van der Waals surface area (Å²) in [7, 11) is -2.28. The minimum absolute atomic E-state index is 0.0514. The SMILES string of the molecule is CC1[C@H](C)N(C(=O)c2ccc(S(=O)CC(=O)C(F)(F)F)c(Cl)c2)CCN1[C@H]1C=C(Cl)C=CC1. The lowest BCUT2D eigenvalue weighted by atomic mass is 9.98. The van der Waals surface area contributed by atoms with Crippen LogP contribution < -0.4 is 0 Å². The van der Waals surface area contributed by atoms with Crippen LogP contribution in [0.3, 0.4) is 0 Å². The van der Waals surface area contributed by atoms with E-state index in [9.17, 15) is 27.0 Å². The van der Waals surface area contributed by atoms with Gasteiger partial charge in [0.05, 0.1) is 26.5 Å². The maximum atomic E-state index is 13.2. The quantitative estimate of drug-likeness (QED) is 0.568. The first-order valence-corrected chi connectivity index (χ1v) is 12.4. The molecule has 1 heterocycles. The first kappa shape index (κ1) is 25.9. The van der Waals surface area contributed by atoms with Gasteiger partial charge in [-0.25, -0.2) is 0 Å². The summed E-state index contributed by atoms with van der Waals surface area (Å²) in [6.45, 7) is 5.11. The van der Waals surface area contributed by atoms with Crippen molar-refractivity contribution >= 4 is 45.7 Å². The average molecular weight is 523 g/mol. The van der Waals surface area contributed by atoms with Crippen LogP contribution >= 0.6 is 23.2 Å². The third-order valence-corrected chi connectivity index (χ3v) is 8.06. The van der Waals surface area contributed by atoms with E-state index in [4.69, 9.17) is 23.2 Å². The summed E-state index contributed by atoms with van der Waals surface area (Å²) in [6.07, 6.45) is 1.67. The van der Waals surface area contributed by atoms with Crippen molar-refractivity contribution in [3.63, 3.8) is 0 Å². The van der Waals surface area contributed by atoms with Gasteiger partial charge in [0.25, 0.3) is 5.91 Å². The van der Waals surface area contributed by atoms with Gasteiger partial charge in [0.1, 0.15) is 0 Å². The predicted molar refractivity (Wildman–Crippen MR) is 122 cm³/mol. The summed E-state index contributed by atoms with van der Waals surface area (Å²) >= 11 is 12.3. The average Bonchev–Trinajstić information content (AvgIpc) is 2.74. The highest BCUT2D eigenvalue weighted by Gasteiger charge is 2.40. The van der Waals surface area contributed by atoms with Gasteiger partial charge >= 0.3 is 6.18 Å². The zero-order chi connectivity index (χ0) is 24.5. The molecule has 0 spiro atoms. The topological polar surface area (TPSA) is 57.7 Å². The van der Waals surface area contributed by atoms with E-state index < -0.39 is 28.5 Å². The normalized spacial score (nSPS) is 25.0. The van der Waals surface area contributed by atoms with E-state index >= 15 is 0 Å². The number of hydrogen-bond acceptors (Lipinski definition) is 4. The Balaban J connectivity index is 1.71. The van der Waals surface area contributed by atoms with Crippen molar-refractivity contribution in [1.29, 1.82) is 0 Å². The number of alkyl halides is 3. The molecule has 1 aliphatic carbocycles. The molecular formula is C22H23Cl2F3N2O3S. The molecule has 5 nitrogen and oxygen atoms in total. The number of halogens is 5. The molecule has 1 aromatic carbocycles. The molecule has 1 aliphatic heterocycles. The molecule has 0 radical (unpaired) electrons. The summed E-state index contributed by atoms with van der Waals surface area (Å²) in [6, 6.07) is 3.98. The molecular weight excluding hydrogens is 500 g/mol. The Morgan fingerprint density at radius 3 is 2.45 bits per heavy atom. The standard InChI is InChI=1S/C22H23Cl2F3N2O3S/c1-13-14(2)29(9-8-28(13)17-5-3-4-16(23)11-17)21(31)15-6-7-19(18(24)10-15)33(32)12-20(30)22(25,26)27/h3-4,6-7,10-11,13-14,17H,5,8-9,12H2,1-2H3/t13?,14-,17+,33?/m0/s1. The van der Waals surface area contributed by atoms with Gasteiger partial charge in [-0.1, -0.05) is 29.3 Å². The minimum Gasteiger partial charge on any atom is -0.333 e. The summed E-state index contributed by atoms with van der Waals surface area (Å²) < 4.78 is 49.6. The van der Waals surface area contributed by atoms with E-state index in [1.807, 2.05) is 32.1 Å². The molecule has 1 saturated heterocycles. The van der Waals surface area contributed by atoms with Crippen LogP contribution in [0.2, 0.25) is 5.02 Å². The summed E-state index contributed by atoms with van der Waals surface area (Å²) in [4.78, 5) is 28.2. The molecule has 180 valence electrons. The highest BCUT2D eigenvalue weighted by atomic mass is 35.5. The van der Waals surface area contributed by atoms with Crippen molar-refractivity contribution in [2.75, 3.05) is 18.8 Å². The predicted octanol–water partition coefficient (Wildman–Crippen LogP) is 4.57. The van der Waals surface area contributed by atoms with Gasteiger partial charge in [-0.15, -0.1) is 0 Å². The summed E-state index contributed by atoms with van der Waals surface area (Å²) in [5.74, 6) is -3.60. The Morgan fingerprint density at radius 1 is 1.15 bits per heavy atom. The maximum Gasteiger partial charge on any atom is 0.450 e. The Labute approximate surface area is 202 Å². The summed E-state index contributed by atoms with van der Waals surface area (Å²) in [5.41, 5.74) is 0.235. The number of rotatable bonds is 5.